The molecule has 1 atom stereocenters. The van der Waals surface area contributed by atoms with Crippen molar-refractivity contribution in [2.24, 2.45) is 0 Å². The first-order valence-electron chi connectivity index (χ1n) is 2.73. The minimum atomic E-state index is -4.72. The predicted molar refractivity (Wildman–Crippen MR) is 29.0 cm³/mol. The van der Waals surface area contributed by atoms with Gasteiger partial charge in [0.15, 0.2) is 0 Å². The van der Waals surface area contributed by atoms with Crippen LogP contribution in [-0.2, 0) is 19.1 Å². The number of ether oxygens (including phenoxy) is 2. The number of carbonyl (C=O) groups is 2. The number of rotatable bonds is 5. The van der Waals surface area contributed by atoms with Gasteiger partial charge < -0.3 is 9.47 Å². The number of carbonyl (C=O) groups excluding carboxylic acids is 2. The molecule has 0 aliphatic heterocycles. The zero-order chi connectivity index (χ0) is 9.61. The van der Waals surface area contributed by atoms with Gasteiger partial charge >= 0.3 is 6.18 Å². The molecule has 0 saturated heterocycles. The summed E-state index contributed by atoms with van der Waals surface area (Å²) in [5.41, 5.74) is 0. The maximum absolute atomic E-state index is 11.8. The smallest absolute Gasteiger partial charge is 0.428 e. The molecule has 0 rings (SSSR count). The van der Waals surface area contributed by atoms with E-state index in [0.717, 1.165) is 0 Å². The van der Waals surface area contributed by atoms with E-state index in [1.807, 2.05) is 0 Å². The van der Waals surface area contributed by atoms with E-state index in [1.165, 1.54) is 0 Å². The Morgan fingerprint density at radius 2 is 1.83 bits per heavy atom. The summed E-state index contributed by atoms with van der Waals surface area (Å²) in [6, 6.07) is 0. The Labute approximate surface area is 65.2 Å². The molecule has 0 saturated carbocycles. The maximum Gasteiger partial charge on any atom is 0.428 e. The second kappa shape index (κ2) is 4.58. The molecular weight excluding hydrogens is 181 g/mol. The van der Waals surface area contributed by atoms with E-state index in [-0.39, 0.29) is 12.9 Å². The second-order valence-corrected chi connectivity index (χ2v) is 1.69. The molecule has 0 fully saturated rings. The van der Waals surface area contributed by atoms with Crippen molar-refractivity contribution in [3.63, 3.8) is 0 Å². The number of hydrogen-bond acceptors (Lipinski definition) is 4. The molecule has 0 aliphatic rings. The maximum atomic E-state index is 11.8. The van der Waals surface area contributed by atoms with Gasteiger partial charge in [0, 0.05) is 0 Å². The Hall–Kier alpha value is -1.27. The largest absolute Gasteiger partial charge is 0.464 e. The van der Waals surface area contributed by atoms with Crippen molar-refractivity contribution in [1.82, 2.24) is 0 Å². The minimum absolute atomic E-state index is 0.160. The first-order valence-corrected chi connectivity index (χ1v) is 2.73. The molecule has 0 aromatic rings. The highest BCUT2D eigenvalue weighted by Gasteiger charge is 2.42. The van der Waals surface area contributed by atoms with E-state index in [4.69, 9.17) is 0 Å². The zero-order valence-electron chi connectivity index (χ0n) is 5.71. The van der Waals surface area contributed by atoms with Crippen molar-refractivity contribution in [3.05, 3.63) is 0 Å². The zero-order valence-corrected chi connectivity index (χ0v) is 5.71. The standard InChI is InChI=1S/C5H5F3O4/c6-5(7,8)4(12-3-10)1-11-2-9/h2-4H,1H2. The highest BCUT2D eigenvalue weighted by atomic mass is 19.4. The average molecular weight is 186 g/mol. The number of halogens is 3. The third-order valence-electron chi connectivity index (χ3n) is 0.901. The van der Waals surface area contributed by atoms with Crippen LogP contribution in [0.4, 0.5) is 13.2 Å². The summed E-state index contributed by atoms with van der Waals surface area (Å²) < 4.78 is 42.7. The Bertz CT molecular complexity index is 155. The lowest BCUT2D eigenvalue weighted by Crippen LogP contribution is -2.35. The van der Waals surface area contributed by atoms with Crippen LogP contribution in [0.2, 0.25) is 0 Å². The molecule has 0 N–H and O–H groups in total. The van der Waals surface area contributed by atoms with Gasteiger partial charge in [0.05, 0.1) is 0 Å². The van der Waals surface area contributed by atoms with E-state index in [9.17, 15) is 22.8 Å². The molecule has 0 radical (unpaired) electrons. The molecule has 0 aliphatic carbocycles. The van der Waals surface area contributed by atoms with Crippen LogP contribution in [-0.4, -0.2) is 31.8 Å². The Balaban J connectivity index is 4.02. The van der Waals surface area contributed by atoms with Gasteiger partial charge in [-0.05, 0) is 0 Å². The topological polar surface area (TPSA) is 52.6 Å². The highest BCUT2D eigenvalue weighted by Crippen LogP contribution is 2.22. The molecule has 0 amide bonds. The molecule has 0 aromatic carbocycles. The Kier molecular flexibility index (Phi) is 4.09. The molecule has 12 heavy (non-hydrogen) atoms. The van der Waals surface area contributed by atoms with E-state index >= 15 is 0 Å². The van der Waals surface area contributed by atoms with Gasteiger partial charge in [-0.1, -0.05) is 0 Å². The van der Waals surface area contributed by atoms with Gasteiger partial charge in [-0.2, -0.15) is 13.2 Å². The SMILES string of the molecule is O=COCC(OC=O)C(F)(F)F. The fourth-order valence-corrected chi connectivity index (χ4v) is 0.405. The molecule has 0 spiro atoms. The van der Waals surface area contributed by atoms with Gasteiger partial charge in [-0.3, -0.25) is 9.59 Å². The van der Waals surface area contributed by atoms with E-state index in [2.05, 4.69) is 9.47 Å². The van der Waals surface area contributed by atoms with Crippen LogP contribution in [0.15, 0.2) is 0 Å². The monoisotopic (exact) mass is 186 g/mol. The van der Waals surface area contributed by atoms with Crippen molar-refractivity contribution in [2.75, 3.05) is 6.61 Å². The molecule has 4 nitrogen and oxygen atoms in total. The summed E-state index contributed by atoms with van der Waals surface area (Å²) in [5.74, 6) is 0. The first-order chi connectivity index (χ1) is 5.52. The first kappa shape index (κ1) is 10.7. The molecular formula is C5H5F3O4. The summed E-state index contributed by atoms with van der Waals surface area (Å²) in [7, 11) is 0. The van der Waals surface area contributed by atoms with Crippen molar-refractivity contribution < 1.29 is 32.2 Å². The molecule has 1 unspecified atom stereocenters. The Morgan fingerprint density at radius 1 is 1.25 bits per heavy atom. The average Bonchev–Trinajstić information content (AvgIpc) is 1.95. The molecule has 7 heteroatoms. The molecule has 0 aromatic heterocycles. The van der Waals surface area contributed by atoms with Crippen LogP contribution in [0.1, 0.15) is 0 Å². The predicted octanol–water partition coefficient (Wildman–Crippen LogP) is 0.263. The lowest BCUT2D eigenvalue weighted by molar-refractivity contribution is -0.224. The molecule has 0 bridgehead atoms. The summed E-state index contributed by atoms with van der Waals surface area (Å²) >= 11 is 0. The summed E-state index contributed by atoms with van der Waals surface area (Å²) in [6.07, 6.45) is -7.11. The fourth-order valence-electron chi connectivity index (χ4n) is 0.405. The van der Waals surface area contributed by atoms with Gasteiger partial charge in [0.1, 0.15) is 6.61 Å². The molecule has 70 valence electrons. The summed E-state index contributed by atoms with van der Waals surface area (Å²) in [4.78, 5) is 19.1. The number of hydrogen-bond donors (Lipinski definition) is 0. The van der Waals surface area contributed by atoms with Crippen molar-refractivity contribution in [3.8, 4) is 0 Å². The quantitative estimate of drug-likeness (QED) is 0.578. The minimum Gasteiger partial charge on any atom is -0.464 e. The second-order valence-electron chi connectivity index (χ2n) is 1.69. The van der Waals surface area contributed by atoms with Crippen LogP contribution < -0.4 is 0 Å². The van der Waals surface area contributed by atoms with Crippen LogP contribution in [0.3, 0.4) is 0 Å². The van der Waals surface area contributed by atoms with Crippen LogP contribution in [0, 0.1) is 0 Å². The summed E-state index contributed by atoms with van der Waals surface area (Å²) in [5, 5.41) is 0. The van der Waals surface area contributed by atoms with Crippen molar-refractivity contribution in [2.45, 2.75) is 12.3 Å². The third-order valence-corrected chi connectivity index (χ3v) is 0.901. The Morgan fingerprint density at radius 3 is 2.17 bits per heavy atom. The third kappa shape index (κ3) is 3.79. The van der Waals surface area contributed by atoms with Gasteiger partial charge in [-0.25, -0.2) is 0 Å². The van der Waals surface area contributed by atoms with Crippen molar-refractivity contribution in [1.29, 1.82) is 0 Å². The van der Waals surface area contributed by atoms with Crippen LogP contribution in [0.5, 0.6) is 0 Å². The van der Waals surface area contributed by atoms with Crippen LogP contribution in [0.25, 0.3) is 0 Å². The highest BCUT2D eigenvalue weighted by molar-refractivity contribution is 5.38. The van der Waals surface area contributed by atoms with Gasteiger partial charge in [0.2, 0.25) is 6.10 Å². The van der Waals surface area contributed by atoms with E-state index in [0.29, 0.717) is 0 Å². The fraction of sp³-hybridized carbons (Fsp3) is 0.600. The van der Waals surface area contributed by atoms with Gasteiger partial charge in [-0.15, -0.1) is 0 Å². The summed E-state index contributed by atoms with van der Waals surface area (Å²) in [6.45, 7) is -1.54. The molecule has 0 heterocycles. The normalized spacial score (nSPS) is 13.2. The lowest BCUT2D eigenvalue weighted by Gasteiger charge is -2.16. The van der Waals surface area contributed by atoms with Crippen LogP contribution >= 0.6 is 0 Å². The number of alkyl halides is 3. The van der Waals surface area contributed by atoms with E-state index < -0.39 is 18.9 Å². The lowest BCUT2D eigenvalue weighted by atomic mass is 10.4. The van der Waals surface area contributed by atoms with Crippen molar-refractivity contribution >= 4 is 12.9 Å². The van der Waals surface area contributed by atoms with E-state index in [1.54, 1.807) is 0 Å². The van der Waals surface area contributed by atoms with Gasteiger partial charge in [0.25, 0.3) is 12.9 Å².